The molecule has 2 aliphatic rings. The van der Waals surface area contributed by atoms with E-state index in [4.69, 9.17) is 4.98 Å². The molecule has 2 atom stereocenters. The predicted molar refractivity (Wildman–Crippen MR) is 88.7 cm³/mol. The van der Waals surface area contributed by atoms with Crippen LogP contribution in [0.15, 0.2) is 12.1 Å². The first-order valence-corrected chi connectivity index (χ1v) is 8.73. The standard InChI is InChI=1S/C18H29N3/c1-3-11-19-13-16-9-10-18(20-14(16)2)21-12-5-7-15-6-4-8-17(15)21/h9-10,15,17,19H,3-8,11-13H2,1-2H3. The fourth-order valence-electron chi connectivity index (χ4n) is 4.06. The molecule has 116 valence electrons. The number of piperidine rings is 1. The van der Waals surface area contributed by atoms with Crippen LogP contribution in [0.4, 0.5) is 5.82 Å². The Hall–Kier alpha value is -1.09. The van der Waals surface area contributed by atoms with Crippen LogP contribution in [0.25, 0.3) is 0 Å². The number of hydrogen-bond donors (Lipinski definition) is 1. The molecule has 0 spiro atoms. The first kappa shape index (κ1) is 14.8. The largest absolute Gasteiger partial charge is 0.353 e. The van der Waals surface area contributed by atoms with Crippen LogP contribution in [0.5, 0.6) is 0 Å². The highest BCUT2D eigenvalue weighted by atomic mass is 15.2. The van der Waals surface area contributed by atoms with E-state index in [-0.39, 0.29) is 0 Å². The first-order chi connectivity index (χ1) is 10.3. The molecule has 3 rings (SSSR count). The molecule has 2 fully saturated rings. The molecule has 0 radical (unpaired) electrons. The summed E-state index contributed by atoms with van der Waals surface area (Å²) in [6, 6.07) is 5.28. The minimum Gasteiger partial charge on any atom is -0.353 e. The van der Waals surface area contributed by atoms with E-state index in [2.05, 4.69) is 36.2 Å². The quantitative estimate of drug-likeness (QED) is 0.838. The Labute approximate surface area is 129 Å². The maximum atomic E-state index is 4.92. The van der Waals surface area contributed by atoms with Gasteiger partial charge in [-0.25, -0.2) is 4.98 Å². The number of nitrogens with zero attached hydrogens (tertiary/aromatic N) is 2. The minimum absolute atomic E-state index is 0.759. The smallest absolute Gasteiger partial charge is 0.129 e. The zero-order valence-electron chi connectivity index (χ0n) is 13.6. The first-order valence-electron chi connectivity index (χ1n) is 8.73. The molecule has 1 aromatic heterocycles. The summed E-state index contributed by atoms with van der Waals surface area (Å²) in [5.41, 5.74) is 2.53. The maximum Gasteiger partial charge on any atom is 0.129 e. The Morgan fingerprint density at radius 1 is 1.24 bits per heavy atom. The van der Waals surface area contributed by atoms with Gasteiger partial charge in [0.05, 0.1) is 0 Å². The van der Waals surface area contributed by atoms with E-state index >= 15 is 0 Å². The topological polar surface area (TPSA) is 28.2 Å². The highest BCUT2D eigenvalue weighted by molar-refractivity contribution is 5.44. The average molecular weight is 287 g/mol. The number of anilines is 1. The summed E-state index contributed by atoms with van der Waals surface area (Å²) >= 11 is 0. The molecule has 3 nitrogen and oxygen atoms in total. The summed E-state index contributed by atoms with van der Waals surface area (Å²) in [4.78, 5) is 7.52. The highest BCUT2D eigenvalue weighted by Gasteiger charge is 2.35. The van der Waals surface area contributed by atoms with Crippen molar-refractivity contribution >= 4 is 5.82 Å². The Bertz CT molecular complexity index is 472. The summed E-state index contributed by atoms with van der Waals surface area (Å²) in [6.45, 7) is 7.58. The Balaban J connectivity index is 1.72. The zero-order chi connectivity index (χ0) is 14.7. The van der Waals surface area contributed by atoms with Gasteiger partial charge in [-0.05, 0) is 63.1 Å². The van der Waals surface area contributed by atoms with Gasteiger partial charge in [-0.2, -0.15) is 0 Å². The van der Waals surface area contributed by atoms with E-state index in [1.54, 1.807) is 0 Å². The third kappa shape index (κ3) is 3.23. The Morgan fingerprint density at radius 2 is 2.10 bits per heavy atom. The van der Waals surface area contributed by atoms with E-state index < -0.39 is 0 Å². The lowest BCUT2D eigenvalue weighted by Crippen LogP contribution is -2.43. The van der Waals surface area contributed by atoms with Crippen LogP contribution in [0.2, 0.25) is 0 Å². The molecule has 3 heteroatoms. The molecule has 21 heavy (non-hydrogen) atoms. The number of nitrogens with one attached hydrogen (secondary N) is 1. The van der Waals surface area contributed by atoms with Gasteiger partial charge in [0.25, 0.3) is 0 Å². The van der Waals surface area contributed by atoms with Crippen LogP contribution in [0, 0.1) is 12.8 Å². The van der Waals surface area contributed by atoms with Crippen molar-refractivity contribution in [3.63, 3.8) is 0 Å². The van der Waals surface area contributed by atoms with Gasteiger partial charge in [-0.3, -0.25) is 0 Å². The average Bonchev–Trinajstić information content (AvgIpc) is 2.97. The highest BCUT2D eigenvalue weighted by Crippen LogP contribution is 2.38. The summed E-state index contributed by atoms with van der Waals surface area (Å²) in [5, 5.41) is 3.47. The van der Waals surface area contributed by atoms with Gasteiger partial charge in [-0.1, -0.05) is 19.4 Å². The summed E-state index contributed by atoms with van der Waals surface area (Å²) < 4.78 is 0. The summed E-state index contributed by atoms with van der Waals surface area (Å²) in [7, 11) is 0. The second kappa shape index (κ2) is 6.78. The van der Waals surface area contributed by atoms with Crippen LogP contribution in [-0.2, 0) is 6.54 Å². The van der Waals surface area contributed by atoms with E-state index in [1.165, 1.54) is 62.1 Å². The van der Waals surface area contributed by atoms with Crippen molar-refractivity contribution in [1.29, 1.82) is 0 Å². The van der Waals surface area contributed by atoms with Crippen molar-refractivity contribution < 1.29 is 0 Å². The second-order valence-corrected chi connectivity index (χ2v) is 6.68. The van der Waals surface area contributed by atoms with Crippen LogP contribution in [0.1, 0.15) is 56.7 Å². The molecule has 0 amide bonds. The normalized spacial score (nSPS) is 25.1. The number of fused-ring (bicyclic) bond motifs is 1. The molecule has 1 aliphatic carbocycles. The van der Waals surface area contributed by atoms with Crippen molar-refractivity contribution in [2.24, 2.45) is 5.92 Å². The maximum absolute atomic E-state index is 4.92. The monoisotopic (exact) mass is 287 g/mol. The van der Waals surface area contributed by atoms with Gasteiger partial charge in [0.2, 0.25) is 0 Å². The number of pyridine rings is 1. The summed E-state index contributed by atoms with van der Waals surface area (Å²) in [6.07, 6.45) is 8.15. The Kier molecular flexibility index (Phi) is 4.79. The van der Waals surface area contributed by atoms with Gasteiger partial charge in [0.15, 0.2) is 0 Å². The van der Waals surface area contributed by atoms with E-state index in [1.807, 2.05) is 0 Å². The fraction of sp³-hybridized carbons (Fsp3) is 0.722. The zero-order valence-corrected chi connectivity index (χ0v) is 13.6. The SMILES string of the molecule is CCCNCc1ccc(N2CCCC3CCCC32)nc1C. The lowest BCUT2D eigenvalue weighted by atomic mass is 9.92. The van der Waals surface area contributed by atoms with E-state index in [9.17, 15) is 0 Å². The molecule has 2 heterocycles. The molecule has 1 saturated carbocycles. The van der Waals surface area contributed by atoms with Crippen molar-refractivity contribution in [2.75, 3.05) is 18.0 Å². The van der Waals surface area contributed by atoms with Crippen molar-refractivity contribution in [3.8, 4) is 0 Å². The molecule has 0 aromatic carbocycles. The third-order valence-electron chi connectivity index (χ3n) is 5.21. The van der Waals surface area contributed by atoms with Crippen LogP contribution in [0.3, 0.4) is 0 Å². The molecule has 0 bridgehead atoms. The van der Waals surface area contributed by atoms with Crippen molar-refractivity contribution in [3.05, 3.63) is 23.4 Å². The molecule has 1 saturated heterocycles. The third-order valence-corrected chi connectivity index (χ3v) is 5.21. The van der Waals surface area contributed by atoms with Crippen LogP contribution < -0.4 is 10.2 Å². The molecule has 1 aromatic rings. The number of aromatic nitrogens is 1. The molecule has 1 aliphatic heterocycles. The lowest BCUT2D eigenvalue weighted by Gasteiger charge is -2.38. The van der Waals surface area contributed by atoms with Gasteiger partial charge < -0.3 is 10.2 Å². The van der Waals surface area contributed by atoms with Crippen molar-refractivity contribution in [2.45, 2.75) is 65.0 Å². The molecule has 1 N–H and O–H groups in total. The summed E-state index contributed by atoms with van der Waals surface area (Å²) in [5.74, 6) is 2.13. The minimum atomic E-state index is 0.759. The lowest BCUT2D eigenvalue weighted by molar-refractivity contribution is 0.360. The van der Waals surface area contributed by atoms with Crippen molar-refractivity contribution in [1.82, 2.24) is 10.3 Å². The van der Waals surface area contributed by atoms with Gasteiger partial charge in [0, 0.05) is 24.8 Å². The predicted octanol–water partition coefficient (Wildman–Crippen LogP) is 3.66. The van der Waals surface area contributed by atoms with Gasteiger partial charge >= 0.3 is 0 Å². The van der Waals surface area contributed by atoms with E-state index in [0.717, 1.165) is 25.0 Å². The molecular weight excluding hydrogens is 258 g/mol. The number of hydrogen-bond acceptors (Lipinski definition) is 3. The van der Waals surface area contributed by atoms with Gasteiger partial charge in [0.1, 0.15) is 5.82 Å². The van der Waals surface area contributed by atoms with Crippen LogP contribution in [-0.4, -0.2) is 24.1 Å². The second-order valence-electron chi connectivity index (χ2n) is 6.68. The van der Waals surface area contributed by atoms with Gasteiger partial charge in [-0.15, -0.1) is 0 Å². The molecular formula is C18H29N3. The van der Waals surface area contributed by atoms with E-state index in [0.29, 0.717) is 0 Å². The van der Waals surface area contributed by atoms with Crippen LogP contribution >= 0.6 is 0 Å². The molecule has 2 unspecified atom stereocenters. The fourth-order valence-corrected chi connectivity index (χ4v) is 4.06. The Morgan fingerprint density at radius 3 is 2.90 bits per heavy atom. The number of rotatable bonds is 5. The number of aryl methyl sites for hydroxylation is 1.